The van der Waals surface area contributed by atoms with Gasteiger partial charge in [0.25, 0.3) is 0 Å². The minimum atomic E-state index is 0.684. The van der Waals surface area contributed by atoms with Crippen molar-refractivity contribution in [2.24, 2.45) is 0 Å². The molecule has 0 N–H and O–H groups in total. The van der Waals surface area contributed by atoms with Crippen LogP contribution in [0.15, 0.2) is 30.3 Å². The third-order valence-electron chi connectivity index (χ3n) is 4.42. The molecule has 5 heteroatoms. The van der Waals surface area contributed by atoms with Gasteiger partial charge in [0.05, 0.1) is 5.69 Å². The number of hydrogen-bond acceptors (Lipinski definition) is 4. The average Bonchev–Trinajstić information content (AvgIpc) is 2.91. The summed E-state index contributed by atoms with van der Waals surface area (Å²) < 4.78 is 7.77. The van der Waals surface area contributed by atoms with E-state index in [0.717, 1.165) is 41.1 Å². The number of nitrogens with zero attached hydrogens (tertiary/aromatic N) is 4. The lowest BCUT2D eigenvalue weighted by atomic mass is 10.1. The van der Waals surface area contributed by atoms with Crippen LogP contribution in [0, 0.1) is 13.8 Å². The van der Waals surface area contributed by atoms with Crippen molar-refractivity contribution in [2.75, 3.05) is 27.2 Å². The number of aryl methyl sites for hydroxylation is 3. The second kappa shape index (κ2) is 7.23. The highest BCUT2D eigenvalue weighted by molar-refractivity contribution is 5.84. The van der Waals surface area contributed by atoms with E-state index in [-0.39, 0.29) is 0 Å². The van der Waals surface area contributed by atoms with Crippen LogP contribution >= 0.6 is 0 Å². The van der Waals surface area contributed by atoms with Crippen LogP contribution in [0.5, 0.6) is 5.75 Å². The normalized spacial score (nSPS) is 11.4. The fraction of sp³-hybridized carbons (Fsp3) is 0.400. The van der Waals surface area contributed by atoms with E-state index in [2.05, 4.69) is 49.0 Å². The van der Waals surface area contributed by atoms with Crippen molar-refractivity contribution in [1.29, 1.82) is 0 Å². The van der Waals surface area contributed by atoms with E-state index >= 15 is 0 Å². The quantitative estimate of drug-likeness (QED) is 0.688. The molecule has 0 fully saturated rings. The Bertz CT molecular complexity index is 866. The Morgan fingerprint density at radius 3 is 2.48 bits per heavy atom. The lowest BCUT2D eigenvalue weighted by Crippen LogP contribution is -2.19. The first-order valence-electron chi connectivity index (χ1n) is 8.72. The van der Waals surface area contributed by atoms with E-state index in [1.807, 2.05) is 30.9 Å². The second-order valence-corrected chi connectivity index (χ2v) is 6.60. The highest BCUT2D eigenvalue weighted by Crippen LogP contribution is 2.27. The summed E-state index contributed by atoms with van der Waals surface area (Å²) in [6.45, 7) is 8.77. The Kier molecular flexibility index (Phi) is 5.04. The fourth-order valence-corrected chi connectivity index (χ4v) is 3.02. The molecule has 0 aliphatic carbocycles. The Hall–Kier alpha value is -2.40. The summed E-state index contributed by atoms with van der Waals surface area (Å²) in [7, 11) is 4.08. The maximum atomic E-state index is 5.76. The van der Waals surface area contributed by atoms with Gasteiger partial charge in [-0.05, 0) is 70.8 Å². The van der Waals surface area contributed by atoms with E-state index in [1.54, 1.807) is 0 Å². The van der Waals surface area contributed by atoms with E-state index in [9.17, 15) is 0 Å². The van der Waals surface area contributed by atoms with Gasteiger partial charge in [0.15, 0.2) is 5.65 Å². The first-order valence-corrected chi connectivity index (χ1v) is 8.72. The molecule has 1 aromatic carbocycles. The zero-order valence-corrected chi connectivity index (χ0v) is 15.7. The Balaban J connectivity index is 1.86. The summed E-state index contributed by atoms with van der Waals surface area (Å²) in [4.78, 5) is 6.88. The SMILES string of the molecule is CCn1nc2nc(-c3ccc(OCCN(C)C)cc3)cc(C)c2c1C. The molecule has 0 aliphatic rings. The smallest absolute Gasteiger partial charge is 0.182 e. The number of likely N-dealkylation sites (N-methyl/N-ethyl adjacent to an activating group) is 1. The molecule has 0 unspecified atom stereocenters. The van der Waals surface area contributed by atoms with Crippen molar-refractivity contribution < 1.29 is 4.74 Å². The summed E-state index contributed by atoms with van der Waals surface area (Å²) in [5, 5.41) is 5.79. The van der Waals surface area contributed by atoms with Gasteiger partial charge in [-0.25, -0.2) is 4.98 Å². The van der Waals surface area contributed by atoms with Gasteiger partial charge in [-0.1, -0.05) is 0 Å². The number of fused-ring (bicyclic) bond motifs is 1. The van der Waals surface area contributed by atoms with Gasteiger partial charge in [-0.3, -0.25) is 4.68 Å². The Morgan fingerprint density at radius 1 is 1.12 bits per heavy atom. The number of pyridine rings is 1. The third kappa shape index (κ3) is 3.66. The standard InChI is InChI=1S/C20H26N4O/c1-6-24-15(3)19-14(2)13-18(21-20(19)22-24)16-7-9-17(10-8-16)25-12-11-23(4)5/h7-10,13H,6,11-12H2,1-5H3. The Labute approximate surface area is 149 Å². The van der Waals surface area contributed by atoms with Crippen LogP contribution in [0.1, 0.15) is 18.2 Å². The highest BCUT2D eigenvalue weighted by atomic mass is 16.5. The fourth-order valence-electron chi connectivity index (χ4n) is 3.02. The van der Waals surface area contributed by atoms with E-state index in [0.29, 0.717) is 6.61 Å². The maximum absolute atomic E-state index is 5.76. The van der Waals surface area contributed by atoms with Crippen LogP contribution in [0.25, 0.3) is 22.3 Å². The van der Waals surface area contributed by atoms with Crippen molar-refractivity contribution >= 4 is 11.0 Å². The van der Waals surface area contributed by atoms with Gasteiger partial charge < -0.3 is 9.64 Å². The summed E-state index contributed by atoms with van der Waals surface area (Å²) in [6.07, 6.45) is 0. The summed E-state index contributed by atoms with van der Waals surface area (Å²) in [5.74, 6) is 0.884. The van der Waals surface area contributed by atoms with Gasteiger partial charge in [-0.15, -0.1) is 0 Å². The van der Waals surface area contributed by atoms with Gasteiger partial charge in [0.2, 0.25) is 0 Å². The molecule has 25 heavy (non-hydrogen) atoms. The lowest BCUT2D eigenvalue weighted by molar-refractivity contribution is 0.261. The molecule has 0 amide bonds. The second-order valence-electron chi connectivity index (χ2n) is 6.60. The molecule has 3 rings (SSSR count). The van der Waals surface area contributed by atoms with Crippen LogP contribution in [-0.2, 0) is 6.54 Å². The van der Waals surface area contributed by atoms with Crippen LogP contribution in [-0.4, -0.2) is 46.9 Å². The number of ether oxygens (including phenoxy) is 1. The molecule has 0 saturated heterocycles. The predicted molar refractivity (Wildman–Crippen MR) is 102 cm³/mol. The maximum Gasteiger partial charge on any atom is 0.182 e. The zero-order chi connectivity index (χ0) is 18.0. The van der Waals surface area contributed by atoms with Crippen LogP contribution in [0.4, 0.5) is 0 Å². The minimum Gasteiger partial charge on any atom is -0.492 e. The largest absolute Gasteiger partial charge is 0.492 e. The van der Waals surface area contributed by atoms with E-state index in [1.165, 1.54) is 11.3 Å². The number of benzene rings is 1. The Morgan fingerprint density at radius 2 is 1.84 bits per heavy atom. The van der Waals surface area contributed by atoms with Crippen molar-refractivity contribution in [3.63, 3.8) is 0 Å². The third-order valence-corrected chi connectivity index (χ3v) is 4.42. The molecule has 0 aliphatic heterocycles. The molecule has 0 bridgehead atoms. The topological polar surface area (TPSA) is 43.2 Å². The minimum absolute atomic E-state index is 0.684. The summed E-state index contributed by atoms with van der Waals surface area (Å²) in [6, 6.07) is 10.3. The van der Waals surface area contributed by atoms with Gasteiger partial charge in [-0.2, -0.15) is 5.10 Å². The number of aromatic nitrogens is 3. The monoisotopic (exact) mass is 338 g/mol. The molecule has 0 radical (unpaired) electrons. The van der Waals surface area contributed by atoms with Gasteiger partial charge in [0.1, 0.15) is 12.4 Å². The van der Waals surface area contributed by atoms with Crippen LogP contribution < -0.4 is 4.74 Å². The van der Waals surface area contributed by atoms with E-state index < -0.39 is 0 Å². The summed E-state index contributed by atoms with van der Waals surface area (Å²) >= 11 is 0. The molecule has 2 heterocycles. The molecule has 0 spiro atoms. The molecule has 0 saturated carbocycles. The van der Waals surface area contributed by atoms with Crippen molar-refractivity contribution in [2.45, 2.75) is 27.3 Å². The van der Waals surface area contributed by atoms with Crippen molar-refractivity contribution in [3.8, 4) is 17.0 Å². The van der Waals surface area contributed by atoms with Crippen molar-refractivity contribution in [1.82, 2.24) is 19.7 Å². The first-order chi connectivity index (χ1) is 12.0. The highest BCUT2D eigenvalue weighted by Gasteiger charge is 2.12. The van der Waals surface area contributed by atoms with Crippen LogP contribution in [0.2, 0.25) is 0 Å². The molecular formula is C20H26N4O. The van der Waals surface area contributed by atoms with E-state index in [4.69, 9.17) is 9.72 Å². The molecule has 132 valence electrons. The number of rotatable bonds is 6. The molecule has 2 aromatic heterocycles. The zero-order valence-electron chi connectivity index (χ0n) is 15.7. The van der Waals surface area contributed by atoms with Crippen molar-refractivity contribution in [3.05, 3.63) is 41.6 Å². The molecule has 5 nitrogen and oxygen atoms in total. The average molecular weight is 338 g/mol. The molecular weight excluding hydrogens is 312 g/mol. The van der Waals surface area contributed by atoms with Gasteiger partial charge in [0, 0.05) is 29.7 Å². The number of hydrogen-bond donors (Lipinski definition) is 0. The predicted octanol–water partition coefficient (Wildman–Crippen LogP) is 3.68. The summed E-state index contributed by atoms with van der Waals surface area (Å²) in [5.41, 5.74) is 5.24. The van der Waals surface area contributed by atoms with Crippen LogP contribution in [0.3, 0.4) is 0 Å². The molecule has 3 aromatic rings. The van der Waals surface area contributed by atoms with Gasteiger partial charge >= 0.3 is 0 Å². The lowest BCUT2D eigenvalue weighted by Gasteiger charge is -2.11. The molecule has 0 atom stereocenters. The first kappa shape index (κ1) is 17.4.